The molecule has 8 atom stereocenters. The molecular formula is C27H36O14. The van der Waals surface area contributed by atoms with Gasteiger partial charge in [-0.15, -0.1) is 0 Å². The van der Waals surface area contributed by atoms with E-state index < -0.39 is 67.6 Å². The van der Waals surface area contributed by atoms with Crippen LogP contribution in [0.15, 0.2) is 41.7 Å². The predicted molar refractivity (Wildman–Crippen MR) is 137 cm³/mol. The highest BCUT2D eigenvalue weighted by molar-refractivity contribution is 5.90. The van der Waals surface area contributed by atoms with Crippen LogP contribution in [0, 0.1) is 5.92 Å². The Kier molecular flexibility index (Phi) is 11.5. The van der Waals surface area contributed by atoms with Gasteiger partial charge in [0, 0.05) is 18.1 Å². The Labute approximate surface area is 235 Å². The van der Waals surface area contributed by atoms with Crippen LogP contribution in [0.5, 0.6) is 11.5 Å². The maximum absolute atomic E-state index is 13.0. The zero-order valence-corrected chi connectivity index (χ0v) is 22.8. The summed E-state index contributed by atoms with van der Waals surface area (Å²) in [5.74, 6) is -3.14. The Morgan fingerprint density at radius 1 is 1.10 bits per heavy atom. The number of allylic oxidation sites excluding steroid dienone is 1. The molecule has 14 heteroatoms. The number of ether oxygens (including phenoxy) is 6. The first-order chi connectivity index (χ1) is 19.6. The molecule has 1 aromatic rings. The summed E-state index contributed by atoms with van der Waals surface area (Å²) < 4.78 is 32.6. The van der Waals surface area contributed by atoms with Crippen molar-refractivity contribution >= 4 is 11.9 Å². The summed E-state index contributed by atoms with van der Waals surface area (Å²) in [6.45, 7) is 2.69. The normalized spacial score (nSPS) is 29.8. The fourth-order valence-corrected chi connectivity index (χ4v) is 4.50. The lowest BCUT2D eigenvalue weighted by Gasteiger charge is -2.41. The van der Waals surface area contributed by atoms with Crippen LogP contribution in [-0.4, -0.2) is 107 Å². The van der Waals surface area contributed by atoms with Crippen LogP contribution in [0.4, 0.5) is 0 Å². The monoisotopic (exact) mass is 584 g/mol. The van der Waals surface area contributed by atoms with Crippen LogP contribution in [0.1, 0.15) is 31.9 Å². The second kappa shape index (κ2) is 14.6. The number of aromatic hydroxyl groups is 2. The van der Waals surface area contributed by atoms with Crippen molar-refractivity contribution < 1.29 is 68.6 Å². The van der Waals surface area contributed by atoms with Crippen molar-refractivity contribution in [2.45, 2.75) is 63.4 Å². The van der Waals surface area contributed by atoms with E-state index in [1.54, 1.807) is 13.8 Å². The number of aliphatic hydroxyl groups is 4. The lowest BCUT2D eigenvalue weighted by molar-refractivity contribution is -0.327. The largest absolute Gasteiger partial charge is 0.504 e. The average molecular weight is 585 g/mol. The van der Waals surface area contributed by atoms with Gasteiger partial charge in [0.1, 0.15) is 37.1 Å². The zero-order chi connectivity index (χ0) is 30.3. The molecule has 2 aliphatic heterocycles. The van der Waals surface area contributed by atoms with E-state index in [1.807, 2.05) is 0 Å². The Balaban J connectivity index is 1.76. The Morgan fingerprint density at radius 3 is 2.44 bits per heavy atom. The second-order valence-electron chi connectivity index (χ2n) is 9.29. The molecule has 6 N–H and O–H groups in total. The number of rotatable bonds is 11. The number of hydrogen-bond donors (Lipinski definition) is 6. The second-order valence-corrected chi connectivity index (χ2v) is 9.29. The number of methoxy groups -OCH3 is 1. The van der Waals surface area contributed by atoms with Crippen molar-refractivity contribution in [2.24, 2.45) is 5.92 Å². The smallest absolute Gasteiger partial charge is 0.337 e. The molecule has 41 heavy (non-hydrogen) atoms. The van der Waals surface area contributed by atoms with E-state index in [2.05, 4.69) is 0 Å². The van der Waals surface area contributed by atoms with E-state index in [9.17, 15) is 40.2 Å². The Morgan fingerprint density at radius 2 is 1.83 bits per heavy atom. The number of carbonyl (C=O) groups excluding carboxylic acids is 2. The first-order valence-corrected chi connectivity index (χ1v) is 12.9. The molecule has 14 nitrogen and oxygen atoms in total. The highest BCUT2D eigenvalue weighted by atomic mass is 16.8. The van der Waals surface area contributed by atoms with Crippen LogP contribution in [0.25, 0.3) is 0 Å². The van der Waals surface area contributed by atoms with Gasteiger partial charge in [0.15, 0.2) is 17.8 Å². The minimum absolute atomic E-state index is 0.0176. The molecule has 0 bridgehead atoms. The van der Waals surface area contributed by atoms with Crippen LogP contribution in [-0.2, 0) is 38.0 Å². The Hall–Kier alpha value is -3.24. The predicted octanol–water partition coefficient (Wildman–Crippen LogP) is -0.0991. The molecule has 0 saturated carbocycles. The van der Waals surface area contributed by atoms with Gasteiger partial charge >= 0.3 is 11.9 Å². The molecule has 1 saturated heterocycles. The highest BCUT2D eigenvalue weighted by Crippen LogP contribution is 2.36. The van der Waals surface area contributed by atoms with Crippen molar-refractivity contribution in [2.75, 3.05) is 26.9 Å². The number of phenolic OH excluding ortho intramolecular Hbond substituents is 2. The van der Waals surface area contributed by atoms with E-state index in [-0.39, 0.29) is 42.3 Å². The average Bonchev–Trinajstić information content (AvgIpc) is 2.96. The molecule has 0 aromatic heterocycles. The minimum Gasteiger partial charge on any atom is -0.504 e. The summed E-state index contributed by atoms with van der Waals surface area (Å²) in [4.78, 5) is 25.5. The van der Waals surface area contributed by atoms with Gasteiger partial charge in [0.2, 0.25) is 6.29 Å². The molecular weight excluding hydrogens is 548 g/mol. The van der Waals surface area contributed by atoms with E-state index in [1.165, 1.54) is 24.3 Å². The molecule has 0 amide bonds. The third kappa shape index (κ3) is 7.54. The molecule has 228 valence electrons. The van der Waals surface area contributed by atoms with Gasteiger partial charge in [-0.1, -0.05) is 12.1 Å². The van der Waals surface area contributed by atoms with Crippen molar-refractivity contribution in [3.63, 3.8) is 0 Å². The summed E-state index contributed by atoms with van der Waals surface area (Å²) in [5.41, 5.74) is 0.709. The maximum atomic E-state index is 13.0. The van der Waals surface area contributed by atoms with Gasteiger partial charge in [0.05, 0.1) is 32.0 Å². The summed E-state index contributed by atoms with van der Waals surface area (Å²) in [5, 5.41) is 59.4. The standard InChI is InChI=1S/C27H36O14/c1-4-14-15(9-21(31)38-12-20(37-5-2)13-6-7-17(29)18(30)8-13)16(25(35)36-3)11-39-26(14)41-27-24(34)23(33)22(32)19(10-28)40-27/h4,6-8,11,15,19-20,22-24,26-30,32-34H,5,9-10,12H2,1-3H3/b14-4+/t15-,19-,20+,22+,23-,24+,26-,27-/m0/s1. The molecule has 0 spiro atoms. The van der Waals surface area contributed by atoms with E-state index >= 15 is 0 Å². The van der Waals surface area contributed by atoms with Gasteiger partial charge in [-0.25, -0.2) is 4.79 Å². The lowest BCUT2D eigenvalue weighted by atomic mass is 9.86. The van der Waals surface area contributed by atoms with Gasteiger partial charge in [-0.2, -0.15) is 0 Å². The van der Waals surface area contributed by atoms with Crippen molar-refractivity contribution in [3.8, 4) is 11.5 Å². The third-order valence-corrected chi connectivity index (χ3v) is 6.73. The first-order valence-electron chi connectivity index (χ1n) is 12.9. The van der Waals surface area contributed by atoms with Crippen LogP contribution < -0.4 is 0 Å². The number of hydrogen-bond acceptors (Lipinski definition) is 14. The SMILES string of the molecule is C/C=C1/[C@H](O[C@@H]2O[C@@H](CO)[C@@H](O)[C@H](O)[C@H]2O)OC=C(C(=O)OC)[C@H]1CC(=O)OC[C@@H](OCC)c1ccc(O)c(O)c1. The number of esters is 2. The number of aliphatic hydroxyl groups excluding tert-OH is 4. The van der Waals surface area contributed by atoms with Gasteiger partial charge < -0.3 is 59.1 Å². The van der Waals surface area contributed by atoms with Crippen molar-refractivity contribution in [3.05, 3.63) is 47.2 Å². The molecule has 0 aliphatic carbocycles. The lowest BCUT2D eigenvalue weighted by Crippen LogP contribution is -2.60. The molecule has 2 heterocycles. The van der Waals surface area contributed by atoms with Gasteiger partial charge in [-0.05, 0) is 31.5 Å². The van der Waals surface area contributed by atoms with Crippen LogP contribution >= 0.6 is 0 Å². The number of benzene rings is 1. The summed E-state index contributed by atoms with van der Waals surface area (Å²) >= 11 is 0. The first kappa shape index (κ1) is 32.3. The fourth-order valence-electron chi connectivity index (χ4n) is 4.50. The highest BCUT2D eigenvalue weighted by Gasteiger charge is 2.47. The van der Waals surface area contributed by atoms with Gasteiger partial charge in [-0.3, -0.25) is 4.79 Å². The summed E-state index contributed by atoms with van der Waals surface area (Å²) in [7, 11) is 1.16. The maximum Gasteiger partial charge on any atom is 0.337 e. The van der Waals surface area contributed by atoms with Crippen LogP contribution in [0.2, 0.25) is 0 Å². The minimum atomic E-state index is -1.71. The zero-order valence-electron chi connectivity index (χ0n) is 22.8. The van der Waals surface area contributed by atoms with E-state index in [0.717, 1.165) is 13.4 Å². The molecule has 0 radical (unpaired) electrons. The number of carbonyl (C=O) groups is 2. The summed E-state index contributed by atoms with van der Waals surface area (Å²) in [6.07, 6.45) is -7.60. The Bertz CT molecular complexity index is 1120. The van der Waals surface area contributed by atoms with E-state index in [0.29, 0.717) is 5.56 Å². The van der Waals surface area contributed by atoms with E-state index in [4.69, 9.17) is 28.4 Å². The quantitative estimate of drug-likeness (QED) is 0.114. The van der Waals surface area contributed by atoms with Crippen molar-refractivity contribution in [1.82, 2.24) is 0 Å². The van der Waals surface area contributed by atoms with Crippen molar-refractivity contribution in [1.29, 1.82) is 0 Å². The topological polar surface area (TPSA) is 211 Å². The molecule has 3 rings (SSSR count). The molecule has 1 fully saturated rings. The van der Waals surface area contributed by atoms with Gasteiger partial charge in [0.25, 0.3) is 0 Å². The fraction of sp³-hybridized carbons (Fsp3) is 0.556. The summed E-state index contributed by atoms with van der Waals surface area (Å²) in [6, 6.07) is 4.08. The number of phenols is 2. The molecule has 2 aliphatic rings. The molecule has 0 unspecified atom stereocenters. The van der Waals surface area contributed by atoms with Crippen LogP contribution in [0.3, 0.4) is 0 Å². The third-order valence-electron chi connectivity index (χ3n) is 6.73. The molecule has 1 aromatic carbocycles.